The molecule has 3 heterocycles. The molecule has 1 aromatic carbocycles. The lowest BCUT2D eigenvalue weighted by molar-refractivity contribution is 0.242. The van der Waals surface area contributed by atoms with Crippen molar-refractivity contribution in [2.24, 2.45) is 5.41 Å². The Bertz CT molecular complexity index is 1740. The number of halogens is 2. The van der Waals surface area contributed by atoms with Gasteiger partial charge < -0.3 is 0 Å². The molecule has 39 heavy (non-hydrogen) atoms. The van der Waals surface area contributed by atoms with Gasteiger partial charge in [0.2, 0.25) is 10.0 Å². The fourth-order valence-electron chi connectivity index (χ4n) is 6.53. The number of hydrogen-bond acceptors (Lipinski definition) is 7. The van der Waals surface area contributed by atoms with Gasteiger partial charge in [-0.1, -0.05) is 19.9 Å². The highest BCUT2D eigenvalue weighted by molar-refractivity contribution is 7.92. The van der Waals surface area contributed by atoms with Gasteiger partial charge in [-0.2, -0.15) is 5.10 Å². The van der Waals surface area contributed by atoms with E-state index >= 15 is 0 Å². The van der Waals surface area contributed by atoms with Gasteiger partial charge in [-0.15, -0.1) is 5.10 Å². The van der Waals surface area contributed by atoms with E-state index in [2.05, 4.69) is 38.7 Å². The summed E-state index contributed by atoms with van der Waals surface area (Å²) in [5.74, 6) is -1.07. The maximum Gasteiger partial charge on any atom is 0.230 e. The molecule has 0 saturated heterocycles. The van der Waals surface area contributed by atoms with Crippen LogP contribution in [0.2, 0.25) is 0 Å². The number of aryl methyl sites for hydroxylation is 1. The first-order valence-electron chi connectivity index (χ1n) is 12.5. The summed E-state index contributed by atoms with van der Waals surface area (Å²) in [6, 6.07) is 8.96. The number of nitrogens with zero attached hydrogens (tertiary/aromatic N) is 5. The number of benzene rings is 1. The van der Waals surface area contributed by atoms with Gasteiger partial charge in [0.05, 0.1) is 46.2 Å². The highest BCUT2D eigenvalue weighted by Gasteiger charge is 2.65. The second-order valence-electron chi connectivity index (χ2n) is 10.9. The number of aromatic nitrogens is 5. The molecule has 11 heteroatoms. The first kappa shape index (κ1) is 25.4. The van der Waals surface area contributed by atoms with Crippen molar-refractivity contribution in [3.63, 3.8) is 0 Å². The van der Waals surface area contributed by atoms with E-state index in [1.54, 1.807) is 31.5 Å². The molecule has 4 aromatic rings. The largest absolute Gasteiger partial charge is 0.268 e. The maximum atomic E-state index is 14.6. The Labute approximate surface area is 225 Å². The van der Waals surface area contributed by atoms with Gasteiger partial charge in [0.25, 0.3) is 0 Å². The minimum atomic E-state index is -3.51. The predicted molar refractivity (Wildman–Crippen MR) is 142 cm³/mol. The number of sulfonamides is 1. The van der Waals surface area contributed by atoms with Crippen LogP contribution in [0.4, 0.5) is 14.6 Å². The lowest BCUT2D eigenvalue weighted by Crippen LogP contribution is -2.38. The SMILES string of the molecule is Cc1cc(-c2cncc([C@@]34CC[C@@H](c5cc(-c6c(F)cccc6F)nnc53)C4(C)C)n2)cc(NS(C)(=O)=O)n1. The maximum absolute atomic E-state index is 14.6. The summed E-state index contributed by atoms with van der Waals surface area (Å²) in [5, 5.41) is 8.86. The predicted octanol–water partition coefficient (Wildman–Crippen LogP) is 5.16. The molecule has 0 unspecified atom stereocenters. The van der Waals surface area contributed by atoms with E-state index in [0.29, 0.717) is 17.0 Å². The molecular formula is C28H26F2N6O2S. The summed E-state index contributed by atoms with van der Waals surface area (Å²) in [6.45, 7) is 6.10. The van der Waals surface area contributed by atoms with E-state index in [1.165, 1.54) is 18.2 Å². The Kier molecular flexibility index (Phi) is 5.59. The Morgan fingerprint density at radius 1 is 1.00 bits per heavy atom. The molecule has 8 nitrogen and oxygen atoms in total. The highest BCUT2D eigenvalue weighted by atomic mass is 32.2. The van der Waals surface area contributed by atoms with Crippen LogP contribution >= 0.6 is 0 Å². The molecular weight excluding hydrogens is 522 g/mol. The average Bonchev–Trinajstić information content (AvgIpc) is 3.23. The van der Waals surface area contributed by atoms with Crippen molar-refractivity contribution in [3.05, 3.63) is 83.1 Å². The van der Waals surface area contributed by atoms with Crippen LogP contribution in [0.5, 0.6) is 0 Å². The first-order chi connectivity index (χ1) is 18.4. The smallest absolute Gasteiger partial charge is 0.230 e. The highest BCUT2D eigenvalue weighted by Crippen LogP contribution is 2.69. The van der Waals surface area contributed by atoms with Crippen molar-refractivity contribution in [1.29, 1.82) is 0 Å². The zero-order chi connectivity index (χ0) is 27.7. The number of rotatable bonds is 5. The third kappa shape index (κ3) is 3.90. The molecule has 200 valence electrons. The summed E-state index contributed by atoms with van der Waals surface area (Å²) in [5.41, 5.74) is 3.30. The average molecular weight is 549 g/mol. The third-order valence-electron chi connectivity index (χ3n) is 8.21. The van der Waals surface area contributed by atoms with Crippen LogP contribution in [0.15, 0.2) is 48.8 Å². The normalized spacial score (nSPS) is 21.1. The van der Waals surface area contributed by atoms with E-state index < -0.39 is 27.1 Å². The lowest BCUT2D eigenvalue weighted by atomic mass is 9.66. The van der Waals surface area contributed by atoms with Crippen molar-refractivity contribution in [1.82, 2.24) is 25.1 Å². The third-order valence-corrected chi connectivity index (χ3v) is 8.79. The minimum absolute atomic E-state index is 0.0933. The zero-order valence-corrected chi connectivity index (χ0v) is 22.6. The van der Waals surface area contributed by atoms with Crippen LogP contribution < -0.4 is 4.72 Å². The van der Waals surface area contributed by atoms with Gasteiger partial charge in [0.15, 0.2) is 0 Å². The standard InChI is InChI=1S/C28H26F2N6O2S/c1-15-10-16(11-24(32-15)36-39(4,37)38)22-13-31-14-23(33-22)28-9-8-18(27(28,2)3)17-12-21(34-35-26(17)28)25-19(29)6-5-7-20(25)30/h5-7,10-14,18H,8-9H2,1-4H3,(H,32,36)/t18-,28-/m0/s1. The molecule has 0 spiro atoms. The molecule has 1 N–H and O–H groups in total. The molecule has 0 amide bonds. The Morgan fingerprint density at radius 3 is 2.46 bits per heavy atom. The molecule has 0 aliphatic heterocycles. The second kappa shape index (κ2) is 8.57. The quantitative estimate of drug-likeness (QED) is 0.367. The van der Waals surface area contributed by atoms with Gasteiger partial charge in [-0.3, -0.25) is 9.71 Å². The van der Waals surface area contributed by atoms with Crippen LogP contribution in [0, 0.1) is 24.0 Å². The Balaban J connectivity index is 1.48. The van der Waals surface area contributed by atoms with Gasteiger partial charge in [-0.25, -0.2) is 27.2 Å². The molecule has 2 atom stereocenters. The van der Waals surface area contributed by atoms with Crippen LogP contribution in [-0.4, -0.2) is 39.8 Å². The molecule has 1 fully saturated rings. The van der Waals surface area contributed by atoms with Crippen LogP contribution in [0.25, 0.3) is 22.5 Å². The van der Waals surface area contributed by atoms with Crippen molar-refractivity contribution >= 4 is 15.8 Å². The van der Waals surface area contributed by atoms with E-state index in [4.69, 9.17) is 4.98 Å². The van der Waals surface area contributed by atoms with E-state index in [9.17, 15) is 17.2 Å². The fraction of sp³-hybridized carbons (Fsp3) is 0.321. The van der Waals surface area contributed by atoms with Gasteiger partial charge in [-0.05, 0) is 67.0 Å². The number of pyridine rings is 1. The number of hydrogen-bond donors (Lipinski definition) is 1. The molecule has 0 radical (unpaired) electrons. The summed E-state index contributed by atoms with van der Waals surface area (Å²) >= 11 is 0. The van der Waals surface area contributed by atoms with Gasteiger partial charge in [0, 0.05) is 17.5 Å². The first-order valence-corrected chi connectivity index (χ1v) is 14.4. The summed E-state index contributed by atoms with van der Waals surface area (Å²) < 4.78 is 55.1. The topological polar surface area (TPSA) is 111 Å². The van der Waals surface area contributed by atoms with E-state index in [1.807, 2.05) is 6.07 Å². The van der Waals surface area contributed by atoms with Crippen LogP contribution in [0.1, 0.15) is 55.3 Å². The number of fused-ring (bicyclic) bond motifs is 5. The monoisotopic (exact) mass is 548 g/mol. The Morgan fingerprint density at radius 2 is 1.74 bits per heavy atom. The van der Waals surface area contributed by atoms with Gasteiger partial charge >= 0.3 is 0 Å². The zero-order valence-electron chi connectivity index (χ0n) is 21.8. The molecule has 3 aromatic heterocycles. The minimum Gasteiger partial charge on any atom is -0.268 e. The molecule has 2 aliphatic carbocycles. The van der Waals surface area contributed by atoms with Crippen LogP contribution in [-0.2, 0) is 15.4 Å². The summed E-state index contributed by atoms with van der Waals surface area (Å²) in [6.07, 6.45) is 6.06. The van der Waals surface area contributed by atoms with Crippen LogP contribution in [0.3, 0.4) is 0 Å². The number of anilines is 1. The van der Waals surface area contributed by atoms with E-state index in [0.717, 1.165) is 36.0 Å². The lowest BCUT2D eigenvalue weighted by Gasteiger charge is -2.37. The van der Waals surface area contributed by atoms with Crippen molar-refractivity contribution in [3.8, 4) is 22.5 Å². The molecule has 2 aliphatic rings. The summed E-state index contributed by atoms with van der Waals surface area (Å²) in [7, 11) is -3.51. The summed E-state index contributed by atoms with van der Waals surface area (Å²) in [4.78, 5) is 13.8. The molecule has 6 rings (SSSR count). The second-order valence-corrected chi connectivity index (χ2v) is 12.6. The fourth-order valence-corrected chi connectivity index (χ4v) is 7.01. The van der Waals surface area contributed by atoms with Gasteiger partial charge in [0.1, 0.15) is 17.5 Å². The van der Waals surface area contributed by atoms with Crippen molar-refractivity contribution in [2.75, 3.05) is 11.0 Å². The number of nitrogens with one attached hydrogen (secondary N) is 1. The van der Waals surface area contributed by atoms with Crippen molar-refractivity contribution < 1.29 is 17.2 Å². The van der Waals surface area contributed by atoms with Crippen molar-refractivity contribution in [2.45, 2.75) is 44.9 Å². The Hall–Kier alpha value is -3.86. The molecule has 2 bridgehead atoms. The molecule has 1 saturated carbocycles. The van der Waals surface area contributed by atoms with E-state index in [-0.39, 0.29) is 28.4 Å².